The molecule has 2 aromatic carbocycles. The van der Waals surface area contributed by atoms with Crippen molar-refractivity contribution in [2.75, 3.05) is 0 Å². The van der Waals surface area contributed by atoms with Crippen molar-refractivity contribution in [3.8, 4) is 0 Å². The summed E-state index contributed by atoms with van der Waals surface area (Å²) in [5, 5.41) is 14.9. The number of hydrogen-bond donors (Lipinski definition) is 0. The quantitative estimate of drug-likeness (QED) is 0.410. The minimum atomic E-state index is -0.455. The zero-order chi connectivity index (χ0) is 19.0. The molecule has 134 valence electrons. The summed E-state index contributed by atoms with van der Waals surface area (Å²) in [5.41, 5.74) is 3.40. The maximum absolute atomic E-state index is 12.7. The lowest BCUT2D eigenvalue weighted by Gasteiger charge is -2.17. The van der Waals surface area contributed by atoms with Crippen molar-refractivity contribution >= 4 is 17.2 Å². The molecule has 1 aliphatic rings. The Labute approximate surface area is 153 Å². The van der Waals surface area contributed by atoms with Gasteiger partial charge in [0.2, 0.25) is 5.78 Å². The van der Waals surface area contributed by atoms with E-state index in [1.165, 1.54) is 12.1 Å². The Morgan fingerprint density at radius 3 is 2.56 bits per heavy atom. The highest BCUT2D eigenvalue weighted by atomic mass is 16.6. The van der Waals surface area contributed by atoms with Crippen LogP contribution in [0.1, 0.15) is 32.9 Å². The Hall–Kier alpha value is -3.81. The molecule has 1 aliphatic carbocycles. The number of non-ortho nitro benzene ring substituents is 1. The van der Waals surface area contributed by atoms with Crippen LogP contribution >= 0.6 is 0 Å². The van der Waals surface area contributed by atoms with Crippen LogP contribution in [0.3, 0.4) is 0 Å². The van der Waals surface area contributed by atoms with Gasteiger partial charge in [-0.25, -0.2) is 4.98 Å². The number of ketones is 1. The van der Waals surface area contributed by atoms with E-state index in [9.17, 15) is 14.9 Å². The fourth-order valence-corrected chi connectivity index (χ4v) is 2.99. The summed E-state index contributed by atoms with van der Waals surface area (Å²) < 4.78 is 1.67. The molecule has 0 N–H and O–H groups in total. The summed E-state index contributed by atoms with van der Waals surface area (Å²) >= 11 is 0. The minimum Gasteiger partial charge on any atom is -0.390 e. The predicted octanol–water partition coefficient (Wildman–Crippen LogP) is 2.84. The average molecular weight is 362 g/mol. The first-order valence-corrected chi connectivity index (χ1v) is 8.15. The number of carbonyl (C=O) groups excluding carboxylic acids is 1. The normalized spacial score (nSPS) is 14.0. The van der Waals surface area contributed by atoms with E-state index in [0.29, 0.717) is 28.2 Å². The second kappa shape index (κ2) is 6.49. The van der Waals surface area contributed by atoms with Crippen molar-refractivity contribution in [2.45, 2.75) is 6.61 Å². The zero-order valence-corrected chi connectivity index (χ0v) is 14.3. The van der Waals surface area contributed by atoms with Crippen LogP contribution in [0.4, 0.5) is 5.69 Å². The molecule has 0 bridgehead atoms. The van der Waals surface area contributed by atoms with E-state index in [4.69, 9.17) is 4.84 Å². The number of fused-ring (bicyclic) bond motifs is 2. The summed E-state index contributed by atoms with van der Waals surface area (Å²) in [7, 11) is 1.76. The van der Waals surface area contributed by atoms with Gasteiger partial charge in [-0.2, -0.15) is 0 Å². The molecule has 0 radical (unpaired) electrons. The van der Waals surface area contributed by atoms with Crippen LogP contribution in [0, 0.1) is 10.1 Å². The lowest BCUT2D eigenvalue weighted by Crippen LogP contribution is -2.23. The molecule has 0 atom stereocenters. The van der Waals surface area contributed by atoms with Crippen molar-refractivity contribution in [3.63, 3.8) is 0 Å². The lowest BCUT2D eigenvalue weighted by atomic mass is 9.89. The molecule has 0 amide bonds. The third-order valence-corrected chi connectivity index (χ3v) is 4.34. The molecule has 0 aliphatic heterocycles. The molecule has 0 fully saturated rings. The van der Waals surface area contributed by atoms with Crippen molar-refractivity contribution < 1.29 is 14.6 Å². The van der Waals surface area contributed by atoms with Gasteiger partial charge in [-0.15, -0.1) is 0 Å². The number of aryl methyl sites for hydroxylation is 1. The molecule has 0 spiro atoms. The fraction of sp³-hybridized carbons (Fsp3) is 0.105. The molecular weight excluding hydrogens is 348 g/mol. The van der Waals surface area contributed by atoms with Crippen LogP contribution in [-0.4, -0.2) is 26.0 Å². The number of imidazole rings is 1. The average Bonchev–Trinajstić information content (AvgIpc) is 3.06. The molecule has 1 aromatic heterocycles. The number of hydrogen-bond acceptors (Lipinski definition) is 6. The van der Waals surface area contributed by atoms with E-state index in [2.05, 4.69) is 10.1 Å². The van der Waals surface area contributed by atoms with Gasteiger partial charge in [0.25, 0.3) is 5.69 Å². The SMILES string of the molecule is Cn1cnc2c1C(=O)c1ccccc1/C2=N\OCc1ccc([N+](=O)[O-])cc1. The molecule has 3 aromatic rings. The third-order valence-electron chi connectivity index (χ3n) is 4.34. The smallest absolute Gasteiger partial charge is 0.269 e. The van der Waals surface area contributed by atoms with Crippen LogP contribution in [-0.2, 0) is 18.5 Å². The first kappa shape index (κ1) is 16.6. The number of nitro groups is 1. The highest BCUT2D eigenvalue weighted by Crippen LogP contribution is 2.27. The molecule has 4 rings (SSSR count). The maximum atomic E-state index is 12.7. The van der Waals surface area contributed by atoms with Gasteiger partial charge in [0.15, 0.2) is 0 Å². The summed E-state index contributed by atoms with van der Waals surface area (Å²) in [4.78, 5) is 32.7. The molecule has 8 heteroatoms. The molecule has 0 saturated carbocycles. The first-order chi connectivity index (χ1) is 13.1. The van der Waals surface area contributed by atoms with Crippen LogP contribution < -0.4 is 0 Å². The third kappa shape index (κ3) is 2.86. The number of nitro benzene ring substituents is 1. The van der Waals surface area contributed by atoms with Crippen LogP contribution in [0.25, 0.3) is 0 Å². The van der Waals surface area contributed by atoms with Crippen molar-refractivity contribution in [2.24, 2.45) is 12.2 Å². The number of benzene rings is 2. The van der Waals surface area contributed by atoms with Gasteiger partial charge < -0.3 is 9.40 Å². The number of oxime groups is 1. The zero-order valence-electron chi connectivity index (χ0n) is 14.3. The number of rotatable bonds is 4. The fourth-order valence-electron chi connectivity index (χ4n) is 2.99. The van der Waals surface area contributed by atoms with Gasteiger partial charge in [0.1, 0.15) is 23.7 Å². The largest absolute Gasteiger partial charge is 0.390 e. The molecule has 0 unspecified atom stereocenters. The van der Waals surface area contributed by atoms with Crippen molar-refractivity contribution in [1.29, 1.82) is 0 Å². The molecule has 8 nitrogen and oxygen atoms in total. The van der Waals surface area contributed by atoms with Gasteiger partial charge in [-0.3, -0.25) is 14.9 Å². The minimum absolute atomic E-state index is 0.0166. The van der Waals surface area contributed by atoms with Gasteiger partial charge in [0, 0.05) is 30.3 Å². The van der Waals surface area contributed by atoms with Crippen molar-refractivity contribution in [1.82, 2.24) is 9.55 Å². The van der Waals surface area contributed by atoms with Gasteiger partial charge in [-0.05, 0) is 17.7 Å². The topological polar surface area (TPSA) is 99.6 Å². The summed E-state index contributed by atoms with van der Waals surface area (Å²) in [5.74, 6) is -0.102. The standard InChI is InChI=1S/C19H14N4O4/c1-22-11-20-17-16(14-4-2-3-5-15(14)19(24)18(17)22)21-27-10-12-6-8-13(9-7-12)23(25)26/h2-9,11H,10H2,1H3/b21-16+. The van der Waals surface area contributed by atoms with E-state index < -0.39 is 4.92 Å². The van der Waals surface area contributed by atoms with Crippen LogP contribution in [0.5, 0.6) is 0 Å². The highest BCUT2D eigenvalue weighted by Gasteiger charge is 2.32. The Bertz CT molecular complexity index is 1080. The maximum Gasteiger partial charge on any atom is 0.269 e. The molecule has 0 saturated heterocycles. The predicted molar refractivity (Wildman–Crippen MR) is 96.6 cm³/mol. The molecule has 1 heterocycles. The number of aromatic nitrogens is 2. The Morgan fingerprint density at radius 2 is 1.85 bits per heavy atom. The summed E-state index contributed by atoms with van der Waals surface area (Å²) in [6.07, 6.45) is 1.57. The van der Waals surface area contributed by atoms with E-state index in [1.54, 1.807) is 48.3 Å². The van der Waals surface area contributed by atoms with Crippen LogP contribution in [0.15, 0.2) is 60.0 Å². The summed E-state index contributed by atoms with van der Waals surface area (Å²) in [6, 6.07) is 13.2. The van der Waals surface area contributed by atoms with Crippen molar-refractivity contribution in [3.05, 3.63) is 93.1 Å². The van der Waals surface area contributed by atoms with Gasteiger partial charge >= 0.3 is 0 Å². The van der Waals surface area contributed by atoms with Gasteiger partial charge in [-0.1, -0.05) is 29.4 Å². The number of nitrogens with zero attached hydrogens (tertiary/aromatic N) is 4. The monoisotopic (exact) mass is 362 g/mol. The second-order valence-electron chi connectivity index (χ2n) is 6.06. The Morgan fingerprint density at radius 1 is 1.15 bits per heavy atom. The highest BCUT2D eigenvalue weighted by molar-refractivity contribution is 6.28. The van der Waals surface area contributed by atoms with Crippen LogP contribution in [0.2, 0.25) is 0 Å². The Balaban J connectivity index is 1.64. The second-order valence-corrected chi connectivity index (χ2v) is 6.06. The van der Waals surface area contributed by atoms with E-state index in [-0.39, 0.29) is 18.1 Å². The molecule has 27 heavy (non-hydrogen) atoms. The lowest BCUT2D eigenvalue weighted by molar-refractivity contribution is -0.384. The summed E-state index contributed by atoms with van der Waals surface area (Å²) in [6.45, 7) is 0.139. The first-order valence-electron chi connectivity index (χ1n) is 8.15. The van der Waals surface area contributed by atoms with E-state index in [0.717, 1.165) is 5.56 Å². The molecular formula is C19H14N4O4. The van der Waals surface area contributed by atoms with E-state index in [1.807, 2.05) is 6.07 Å². The number of carbonyl (C=O) groups is 1. The Kier molecular flexibility index (Phi) is 4.00. The van der Waals surface area contributed by atoms with Gasteiger partial charge in [0.05, 0.1) is 11.3 Å². The van der Waals surface area contributed by atoms with E-state index >= 15 is 0 Å².